The summed E-state index contributed by atoms with van der Waals surface area (Å²) in [5.41, 5.74) is 1.56. The molecule has 3 atom stereocenters. The Bertz CT molecular complexity index is 765. The Morgan fingerprint density at radius 1 is 0.962 bits per heavy atom. The second-order valence-electron chi connectivity index (χ2n) is 7.75. The lowest BCUT2D eigenvalue weighted by atomic mass is 9.82. The molecule has 0 aromatic heterocycles. The maximum Gasteiger partial charge on any atom is 0.408 e. The molecule has 1 fully saturated rings. The van der Waals surface area contributed by atoms with Crippen molar-refractivity contribution in [3.8, 4) is 0 Å². The van der Waals surface area contributed by atoms with Gasteiger partial charge >= 0.3 is 6.09 Å². The Morgan fingerprint density at radius 3 is 2.04 bits per heavy atom. The third-order valence-electron chi connectivity index (χ3n) is 4.65. The van der Waals surface area contributed by atoms with E-state index in [1.165, 1.54) is 0 Å². The molecule has 4 heteroatoms. The van der Waals surface area contributed by atoms with E-state index < -0.39 is 17.7 Å². The van der Waals surface area contributed by atoms with Crippen LogP contribution in [0, 0.1) is 0 Å². The molecule has 26 heavy (non-hydrogen) atoms. The first-order valence-electron chi connectivity index (χ1n) is 8.97. The number of carbonyl (C=O) groups excluding carboxylic acids is 2. The lowest BCUT2D eigenvalue weighted by molar-refractivity contribution is -0.119. The van der Waals surface area contributed by atoms with Gasteiger partial charge in [-0.25, -0.2) is 4.79 Å². The molecule has 2 aromatic carbocycles. The minimum Gasteiger partial charge on any atom is -0.444 e. The van der Waals surface area contributed by atoms with Gasteiger partial charge in [0.25, 0.3) is 0 Å². The third kappa shape index (κ3) is 4.13. The second-order valence-corrected chi connectivity index (χ2v) is 7.75. The van der Waals surface area contributed by atoms with Gasteiger partial charge in [0.2, 0.25) is 0 Å². The van der Waals surface area contributed by atoms with Crippen LogP contribution in [-0.2, 0) is 9.53 Å². The molecule has 0 spiro atoms. The van der Waals surface area contributed by atoms with Crippen LogP contribution in [0.2, 0.25) is 0 Å². The SMILES string of the molecule is CC(C)(C)OC(=O)N[C@H]1C(=O)C[C@@H](c2ccccc2)[C@@H]1c1ccccc1. The van der Waals surface area contributed by atoms with Crippen molar-refractivity contribution in [2.45, 2.75) is 50.7 Å². The molecule has 0 unspecified atom stereocenters. The molecule has 3 rings (SSSR count). The lowest BCUT2D eigenvalue weighted by Crippen LogP contribution is -2.44. The molecule has 0 aliphatic heterocycles. The Morgan fingerprint density at radius 2 is 1.50 bits per heavy atom. The molecular formula is C22H25NO3. The fraction of sp³-hybridized carbons (Fsp3) is 0.364. The predicted octanol–water partition coefficient (Wildman–Crippen LogP) is 4.42. The Hall–Kier alpha value is -2.62. The molecule has 2 aromatic rings. The summed E-state index contributed by atoms with van der Waals surface area (Å²) in [7, 11) is 0. The zero-order valence-corrected chi connectivity index (χ0v) is 15.4. The summed E-state index contributed by atoms with van der Waals surface area (Å²) < 4.78 is 5.37. The number of hydrogen-bond donors (Lipinski definition) is 1. The van der Waals surface area contributed by atoms with Crippen LogP contribution in [0.1, 0.15) is 50.2 Å². The number of Topliss-reactive ketones (excluding diaryl/α,β-unsaturated/α-hetero) is 1. The van der Waals surface area contributed by atoms with E-state index in [-0.39, 0.29) is 17.6 Å². The molecule has 136 valence electrons. The molecule has 1 amide bonds. The highest BCUT2D eigenvalue weighted by molar-refractivity contribution is 5.92. The average Bonchev–Trinajstić information content (AvgIpc) is 2.91. The van der Waals surface area contributed by atoms with Gasteiger partial charge in [0.05, 0.1) is 6.04 Å². The first-order valence-corrected chi connectivity index (χ1v) is 8.97. The molecule has 0 radical (unpaired) electrons. The highest BCUT2D eigenvalue weighted by atomic mass is 16.6. The van der Waals surface area contributed by atoms with Crippen molar-refractivity contribution in [3.05, 3.63) is 71.8 Å². The van der Waals surface area contributed by atoms with Crippen LogP contribution < -0.4 is 5.32 Å². The van der Waals surface area contributed by atoms with Gasteiger partial charge in [-0.05, 0) is 31.9 Å². The van der Waals surface area contributed by atoms with Crippen LogP contribution in [0.25, 0.3) is 0 Å². The summed E-state index contributed by atoms with van der Waals surface area (Å²) in [6, 6.07) is 19.3. The van der Waals surface area contributed by atoms with Gasteiger partial charge < -0.3 is 10.1 Å². The summed E-state index contributed by atoms with van der Waals surface area (Å²) in [6.45, 7) is 5.43. The summed E-state index contributed by atoms with van der Waals surface area (Å²) in [6.07, 6.45) is -0.144. The summed E-state index contributed by atoms with van der Waals surface area (Å²) in [5, 5.41) is 2.82. The second kappa shape index (κ2) is 7.32. The maximum atomic E-state index is 12.8. The van der Waals surface area contributed by atoms with Gasteiger partial charge in [-0.15, -0.1) is 0 Å². The van der Waals surface area contributed by atoms with Gasteiger partial charge in [0.1, 0.15) is 5.60 Å². The van der Waals surface area contributed by atoms with E-state index in [1.54, 1.807) is 0 Å². The minimum atomic E-state index is -0.604. The zero-order valence-electron chi connectivity index (χ0n) is 15.4. The topological polar surface area (TPSA) is 55.4 Å². The largest absolute Gasteiger partial charge is 0.444 e. The highest BCUT2D eigenvalue weighted by Gasteiger charge is 2.45. The Labute approximate surface area is 154 Å². The summed E-state index contributed by atoms with van der Waals surface area (Å²) in [4.78, 5) is 25.1. The number of carbonyl (C=O) groups is 2. The fourth-order valence-electron chi connectivity index (χ4n) is 3.63. The molecule has 1 aliphatic rings. The number of ether oxygens (including phenoxy) is 1. The van der Waals surface area contributed by atoms with Crippen molar-refractivity contribution in [1.82, 2.24) is 5.32 Å². The van der Waals surface area contributed by atoms with Gasteiger partial charge in [-0.3, -0.25) is 4.79 Å². The molecule has 1 N–H and O–H groups in total. The number of amides is 1. The molecule has 1 aliphatic carbocycles. The van der Waals surface area contributed by atoms with Crippen LogP contribution >= 0.6 is 0 Å². The van der Waals surface area contributed by atoms with Crippen molar-refractivity contribution < 1.29 is 14.3 Å². The van der Waals surface area contributed by atoms with E-state index in [0.717, 1.165) is 11.1 Å². The first kappa shape index (κ1) is 18.2. The van der Waals surface area contributed by atoms with Crippen LogP contribution in [0.5, 0.6) is 0 Å². The monoisotopic (exact) mass is 351 g/mol. The number of hydrogen-bond acceptors (Lipinski definition) is 3. The smallest absolute Gasteiger partial charge is 0.408 e. The third-order valence-corrected chi connectivity index (χ3v) is 4.65. The van der Waals surface area contributed by atoms with E-state index in [4.69, 9.17) is 4.74 Å². The minimum absolute atomic E-state index is 0.0334. The van der Waals surface area contributed by atoms with E-state index >= 15 is 0 Å². The first-order chi connectivity index (χ1) is 12.3. The van der Waals surface area contributed by atoms with Crippen molar-refractivity contribution in [2.24, 2.45) is 0 Å². The number of nitrogens with one attached hydrogen (secondary N) is 1. The van der Waals surface area contributed by atoms with Gasteiger partial charge in [-0.1, -0.05) is 60.7 Å². The highest BCUT2D eigenvalue weighted by Crippen LogP contribution is 2.44. The van der Waals surface area contributed by atoms with Crippen molar-refractivity contribution >= 4 is 11.9 Å². The Kier molecular flexibility index (Phi) is 5.12. The molecule has 1 saturated carbocycles. The van der Waals surface area contributed by atoms with Crippen molar-refractivity contribution in [3.63, 3.8) is 0 Å². The Balaban J connectivity index is 1.92. The zero-order chi connectivity index (χ0) is 18.7. The number of rotatable bonds is 3. The van der Waals surface area contributed by atoms with Crippen LogP contribution in [-0.4, -0.2) is 23.5 Å². The summed E-state index contributed by atoms with van der Waals surface area (Å²) >= 11 is 0. The van der Waals surface area contributed by atoms with E-state index in [0.29, 0.717) is 6.42 Å². The molecule has 0 heterocycles. The number of alkyl carbamates (subject to hydrolysis) is 1. The van der Waals surface area contributed by atoms with Gasteiger partial charge in [0.15, 0.2) is 5.78 Å². The van der Waals surface area contributed by atoms with E-state index in [2.05, 4.69) is 5.32 Å². The predicted molar refractivity (Wildman–Crippen MR) is 101 cm³/mol. The van der Waals surface area contributed by atoms with E-state index in [9.17, 15) is 9.59 Å². The fourth-order valence-corrected chi connectivity index (χ4v) is 3.63. The molecule has 0 saturated heterocycles. The lowest BCUT2D eigenvalue weighted by Gasteiger charge is -2.27. The molecule has 0 bridgehead atoms. The van der Waals surface area contributed by atoms with Gasteiger partial charge in [0, 0.05) is 18.3 Å². The van der Waals surface area contributed by atoms with E-state index in [1.807, 2.05) is 81.4 Å². The summed E-state index contributed by atoms with van der Waals surface area (Å²) in [5.74, 6) is -0.0387. The van der Waals surface area contributed by atoms with Crippen LogP contribution in [0.3, 0.4) is 0 Å². The average molecular weight is 351 g/mol. The van der Waals surface area contributed by atoms with Gasteiger partial charge in [-0.2, -0.15) is 0 Å². The maximum absolute atomic E-state index is 12.8. The van der Waals surface area contributed by atoms with Crippen LogP contribution in [0.4, 0.5) is 4.79 Å². The number of benzene rings is 2. The molecular weight excluding hydrogens is 326 g/mol. The standard InChI is InChI=1S/C22H25NO3/c1-22(2,3)26-21(25)23-20-18(24)14-17(15-10-6-4-7-11-15)19(20)16-12-8-5-9-13-16/h4-13,17,19-20H,14H2,1-3H3,(H,23,25)/t17-,19-,20-/m0/s1. The number of ketones is 1. The molecule has 4 nitrogen and oxygen atoms in total. The van der Waals surface area contributed by atoms with Crippen molar-refractivity contribution in [2.75, 3.05) is 0 Å². The van der Waals surface area contributed by atoms with Crippen molar-refractivity contribution in [1.29, 1.82) is 0 Å². The van der Waals surface area contributed by atoms with Crippen LogP contribution in [0.15, 0.2) is 60.7 Å². The normalized spacial score (nSPS) is 22.9. The quantitative estimate of drug-likeness (QED) is 0.890.